The van der Waals surface area contributed by atoms with Crippen molar-refractivity contribution in [1.82, 2.24) is 4.57 Å². The van der Waals surface area contributed by atoms with E-state index in [-0.39, 0.29) is 5.41 Å². The quantitative estimate of drug-likeness (QED) is 0.146. The zero-order valence-corrected chi connectivity index (χ0v) is 39.0. The van der Waals surface area contributed by atoms with Crippen molar-refractivity contribution in [2.75, 3.05) is 0 Å². The zero-order valence-electron chi connectivity index (χ0n) is 36.9. The molecule has 0 fully saturated rings. The number of aromatic nitrogens is 1. The minimum atomic E-state index is -3.84. The molecule has 312 valence electrons. The predicted octanol–water partition coefficient (Wildman–Crippen LogP) is 13.7. The van der Waals surface area contributed by atoms with Crippen molar-refractivity contribution in [2.24, 2.45) is 0 Å². The molecule has 1 aliphatic rings. The Morgan fingerprint density at radius 1 is 0.348 bits per heavy atom. The van der Waals surface area contributed by atoms with E-state index in [9.17, 15) is 0 Å². The molecule has 0 amide bonds. The Kier molecular flexibility index (Phi) is 8.78. The number of nitrogens with zero attached hydrogens (tertiary/aromatic N) is 1. The first-order valence-electron chi connectivity index (χ1n) is 23.0. The van der Waals surface area contributed by atoms with Crippen LogP contribution in [-0.2, 0) is 5.41 Å². The van der Waals surface area contributed by atoms with Crippen LogP contribution in [0.25, 0.3) is 82.8 Å². The van der Waals surface area contributed by atoms with Crippen molar-refractivity contribution in [3.8, 4) is 39.1 Å². The van der Waals surface area contributed by atoms with Gasteiger partial charge in [0.1, 0.15) is 0 Å². The van der Waals surface area contributed by atoms with Crippen LogP contribution < -0.4 is 17.6 Å². The molecule has 3 heteroatoms. The van der Waals surface area contributed by atoms with Gasteiger partial charge in [0, 0.05) is 0 Å². The number of benzene rings is 10. The van der Waals surface area contributed by atoms with Gasteiger partial charge < -0.3 is 0 Å². The molecule has 12 aromatic rings. The third-order valence-electron chi connectivity index (χ3n) is 14.5. The van der Waals surface area contributed by atoms with Gasteiger partial charge in [0.2, 0.25) is 0 Å². The van der Waals surface area contributed by atoms with Crippen LogP contribution in [0.1, 0.15) is 25.0 Å². The maximum atomic E-state index is 6.69. The SMILES string of the molecule is CC1(C)c2ccccc2-c2ccc(-c3c[c]([Ge]([c]4ccccc4)([c]4ccccc4)[c]4ccccc4)cc(-c4ccccc4)c3-n3c4ccccc4c4cc5c(cc43)oc3ccccc35)cc21. The van der Waals surface area contributed by atoms with E-state index in [1.165, 1.54) is 72.9 Å². The normalized spacial score (nSPS) is 13.1. The first-order valence-corrected chi connectivity index (χ1v) is 27.2. The second kappa shape index (κ2) is 15.0. The molecule has 2 nitrogen and oxygen atoms in total. The topological polar surface area (TPSA) is 18.1 Å². The Hall–Kier alpha value is -7.66. The third kappa shape index (κ3) is 5.68. The van der Waals surface area contributed by atoms with Crippen molar-refractivity contribution in [1.29, 1.82) is 0 Å². The summed E-state index contributed by atoms with van der Waals surface area (Å²) in [5.41, 5.74) is 15.2. The van der Waals surface area contributed by atoms with Crippen LogP contribution in [0, 0.1) is 0 Å². The first-order chi connectivity index (χ1) is 32.5. The number of hydrogen-bond acceptors (Lipinski definition) is 1. The van der Waals surface area contributed by atoms with Crippen LogP contribution in [0.15, 0.2) is 241 Å². The third-order valence-corrected chi connectivity index (χ3v) is 24.5. The molecule has 2 aromatic heterocycles. The van der Waals surface area contributed by atoms with Crippen LogP contribution >= 0.6 is 0 Å². The predicted molar refractivity (Wildman–Crippen MR) is 280 cm³/mol. The molecule has 2 heterocycles. The Balaban J connectivity index is 1.23. The second-order valence-electron chi connectivity index (χ2n) is 18.4. The van der Waals surface area contributed by atoms with Gasteiger partial charge in [0.25, 0.3) is 0 Å². The van der Waals surface area contributed by atoms with Crippen molar-refractivity contribution in [2.45, 2.75) is 19.3 Å². The molecule has 0 N–H and O–H groups in total. The fourth-order valence-electron chi connectivity index (χ4n) is 11.5. The fourth-order valence-corrected chi connectivity index (χ4v) is 21.6. The number of para-hydroxylation sites is 2. The van der Waals surface area contributed by atoms with Gasteiger partial charge in [-0.15, -0.1) is 0 Å². The monoisotopic (exact) mass is 905 g/mol. The number of hydrogen-bond donors (Lipinski definition) is 0. The molecule has 0 saturated carbocycles. The van der Waals surface area contributed by atoms with E-state index in [0.29, 0.717) is 0 Å². The van der Waals surface area contributed by atoms with Gasteiger partial charge in [-0.1, -0.05) is 0 Å². The summed E-state index contributed by atoms with van der Waals surface area (Å²) in [6, 6.07) is 88.7. The Bertz CT molecular complexity index is 3730. The van der Waals surface area contributed by atoms with E-state index in [1.54, 1.807) is 0 Å². The van der Waals surface area contributed by atoms with Crippen LogP contribution in [0.3, 0.4) is 0 Å². The van der Waals surface area contributed by atoms with Crippen molar-refractivity contribution in [3.05, 3.63) is 248 Å². The summed E-state index contributed by atoms with van der Waals surface area (Å²) >= 11 is -3.84. The molecule has 13 rings (SSSR count). The molecule has 0 spiro atoms. The Morgan fingerprint density at radius 3 is 1.58 bits per heavy atom. The van der Waals surface area contributed by atoms with E-state index in [0.717, 1.165) is 38.7 Å². The van der Waals surface area contributed by atoms with E-state index < -0.39 is 13.3 Å². The average molecular weight is 905 g/mol. The standard InChI is InChI=1S/C63H45GeNO/c1-63(2)56-32-18-15-29-48(56)49-36-35-43(37-57(49)63)53-39-47(64(44-23-9-4-10-24-44,45-25-11-5-12-26-45)46-27-13-6-14-28-46)38-52(42-21-7-3-8-22-42)62(53)65-58-33-19-16-30-50(58)54-40-55-51-31-17-20-34-60(51)66-61(55)41-59(54)65/h3-41H,1-2H3. The second-order valence-corrected chi connectivity index (χ2v) is 26.4. The van der Waals surface area contributed by atoms with Gasteiger partial charge in [-0.25, -0.2) is 0 Å². The summed E-state index contributed by atoms with van der Waals surface area (Å²) < 4.78 is 14.8. The molecule has 0 saturated heterocycles. The maximum absolute atomic E-state index is 6.69. The number of fused-ring (bicyclic) bond motifs is 9. The summed E-state index contributed by atoms with van der Waals surface area (Å²) in [6.45, 7) is 4.78. The zero-order chi connectivity index (χ0) is 44.0. The van der Waals surface area contributed by atoms with Crippen molar-refractivity contribution in [3.63, 3.8) is 0 Å². The van der Waals surface area contributed by atoms with Gasteiger partial charge >= 0.3 is 390 Å². The molecule has 1 aliphatic carbocycles. The molecular weight excluding hydrogens is 859 g/mol. The summed E-state index contributed by atoms with van der Waals surface area (Å²) in [6.07, 6.45) is 0. The van der Waals surface area contributed by atoms with Gasteiger partial charge in [-0.3, -0.25) is 0 Å². The molecule has 66 heavy (non-hydrogen) atoms. The summed E-state index contributed by atoms with van der Waals surface area (Å²) in [5, 5.41) is 4.68. The first kappa shape index (κ1) is 38.8. The fraction of sp³-hybridized carbons (Fsp3) is 0.0476. The van der Waals surface area contributed by atoms with Gasteiger partial charge in [-0.05, 0) is 0 Å². The average Bonchev–Trinajstić information content (AvgIpc) is 3.98. The summed E-state index contributed by atoms with van der Waals surface area (Å²) in [4.78, 5) is 0. The minimum absolute atomic E-state index is 0.179. The van der Waals surface area contributed by atoms with Gasteiger partial charge in [0.15, 0.2) is 0 Å². The number of furan rings is 1. The Labute approximate surface area is 387 Å². The molecule has 0 unspecified atom stereocenters. The van der Waals surface area contributed by atoms with Crippen LogP contribution in [0.2, 0.25) is 0 Å². The molecular formula is C63H45GeNO. The van der Waals surface area contributed by atoms with E-state index in [1.807, 2.05) is 0 Å². The molecule has 0 atom stereocenters. The Morgan fingerprint density at radius 2 is 0.894 bits per heavy atom. The van der Waals surface area contributed by atoms with Gasteiger partial charge in [0.05, 0.1) is 0 Å². The van der Waals surface area contributed by atoms with Crippen LogP contribution in [0.5, 0.6) is 0 Å². The molecule has 0 aliphatic heterocycles. The molecule has 0 radical (unpaired) electrons. The van der Waals surface area contributed by atoms with E-state index >= 15 is 0 Å². The van der Waals surface area contributed by atoms with Crippen molar-refractivity contribution < 1.29 is 4.42 Å². The van der Waals surface area contributed by atoms with Gasteiger partial charge in [-0.2, -0.15) is 0 Å². The van der Waals surface area contributed by atoms with E-state index in [4.69, 9.17) is 4.42 Å². The summed E-state index contributed by atoms with van der Waals surface area (Å²) in [7, 11) is 0. The molecule has 0 bridgehead atoms. The van der Waals surface area contributed by atoms with Crippen LogP contribution in [0.4, 0.5) is 0 Å². The van der Waals surface area contributed by atoms with E-state index in [2.05, 4.69) is 255 Å². The van der Waals surface area contributed by atoms with Crippen LogP contribution in [-0.4, -0.2) is 17.8 Å². The number of rotatable bonds is 7. The molecule has 10 aromatic carbocycles. The van der Waals surface area contributed by atoms with Crippen molar-refractivity contribution >= 4 is 74.6 Å². The summed E-state index contributed by atoms with van der Waals surface area (Å²) in [5.74, 6) is 0.